The molecule has 0 unspecified atom stereocenters. The third-order valence-electron chi connectivity index (χ3n) is 5.16. The molecular formula is C21H18FN3OS. The monoisotopic (exact) mass is 379 g/mol. The number of para-hydroxylation sites is 2. The molecule has 0 radical (unpaired) electrons. The van der Waals surface area contributed by atoms with Crippen molar-refractivity contribution in [2.75, 3.05) is 0 Å². The third kappa shape index (κ3) is 2.75. The van der Waals surface area contributed by atoms with E-state index in [2.05, 4.69) is 4.98 Å². The minimum atomic E-state index is -0.426. The van der Waals surface area contributed by atoms with Gasteiger partial charge in [0.2, 0.25) is 0 Å². The number of rotatable bonds is 3. The Labute approximate surface area is 159 Å². The number of hydrogen-bond donors (Lipinski definition) is 1. The van der Waals surface area contributed by atoms with Crippen molar-refractivity contribution in [1.29, 1.82) is 0 Å². The Kier molecular flexibility index (Phi) is 4.01. The number of aromatic nitrogens is 3. The topological polar surface area (TPSA) is 50.7 Å². The van der Waals surface area contributed by atoms with Gasteiger partial charge in [0.1, 0.15) is 16.9 Å². The smallest absolute Gasteiger partial charge is 0.283 e. The molecule has 1 saturated carbocycles. The van der Waals surface area contributed by atoms with Crippen LogP contribution in [0.2, 0.25) is 0 Å². The van der Waals surface area contributed by atoms with Gasteiger partial charge in [-0.3, -0.25) is 9.36 Å². The first-order valence-electron chi connectivity index (χ1n) is 9.17. The Morgan fingerprint density at radius 3 is 2.63 bits per heavy atom. The molecule has 0 amide bonds. The number of halogens is 1. The molecule has 2 heterocycles. The number of aromatic amines is 1. The molecule has 0 spiro atoms. The van der Waals surface area contributed by atoms with Crippen molar-refractivity contribution >= 4 is 33.7 Å². The van der Waals surface area contributed by atoms with E-state index < -0.39 is 5.82 Å². The average molecular weight is 379 g/mol. The van der Waals surface area contributed by atoms with Crippen molar-refractivity contribution in [3.8, 4) is 5.69 Å². The zero-order valence-corrected chi connectivity index (χ0v) is 15.4. The molecule has 1 aliphatic rings. The molecule has 0 saturated heterocycles. The molecule has 136 valence electrons. The number of thioether (sulfide) groups is 1. The molecule has 0 aliphatic heterocycles. The summed E-state index contributed by atoms with van der Waals surface area (Å²) >= 11 is 1.59. The van der Waals surface area contributed by atoms with Crippen molar-refractivity contribution in [1.82, 2.24) is 14.5 Å². The SMILES string of the molecule is O=c1c2[nH]c3ccccc3c2nc(SC2CCCC2)n1-c1ccccc1F. The van der Waals surface area contributed by atoms with Crippen LogP contribution in [0.25, 0.3) is 27.6 Å². The minimum absolute atomic E-state index is 0.246. The molecule has 27 heavy (non-hydrogen) atoms. The summed E-state index contributed by atoms with van der Waals surface area (Å²) in [5.74, 6) is -0.426. The van der Waals surface area contributed by atoms with Crippen LogP contribution < -0.4 is 5.56 Å². The van der Waals surface area contributed by atoms with E-state index in [1.165, 1.54) is 23.5 Å². The number of nitrogens with zero attached hydrogens (tertiary/aromatic N) is 2. The summed E-state index contributed by atoms with van der Waals surface area (Å²) in [5.41, 5.74) is 1.91. The summed E-state index contributed by atoms with van der Waals surface area (Å²) < 4.78 is 16.0. The Balaban J connectivity index is 1.82. The highest BCUT2D eigenvalue weighted by Gasteiger charge is 2.23. The summed E-state index contributed by atoms with van der Waals surface area (Å²) in [7, 11) is 0. The van der Waals surface area contributed by atoms with E-state index >= 15 is 0 Å². The lowest BCUT2D eigenvalue weighted by Crippen LogP contribution is -2.23. The van der Waals surface area contributed by atoms with Crippen molar-refractivity contribution in [3.63, 3.8) is 0 Å². The Bertz CT molecular complexity index is 1210. The summed E-state index contributed by atoms with van der Waals surface area (Å²) in [4.78, 5) is 21.4. The number of benzene rings is 2. The van der Waals surface area contributed by atoms with Crippen LogP contribution in [0.15, 0.2) is 58.5 Å². The second-order valence-electron chi connectivity index (χ2n) is 6.90. The van der Waals surface area contributed by atoms with E-state index in [4.69, 9.17) is 4.98 Å². The lowest BCUT2D eigenvalue weighted by Gasteiger charge is -2.15. The van der Waals surface area contributed by atoms with Gasteiger partial charge in [-0.25, -0.2) is 9.37 Å². The standard InChI is InChI=1S/C21H18FN3OS/c22-15-10-4-6-12-17(15)25-20(26)19-18(14-9-3-5-11-16(14)23-19)24-21(25)27-13-7-1-2-8-13/h3-6,9-13,23H,1-2,7-8H2. The first-order valence-corrected chi connectivity index (χ1v) is 10.1. The van der Waals surface area contributed by atoms with Crippen molar-refractivity contribution in [2.24, 2.45) is 0 Å². The molecule has 6 heteroatoms. The Hall–Kier alpha value is -2.60. The van der Waals surface area contributed by atoms with E-state index in [0.717, 1.165) is 23.7 Å². The lowest BCUT2D eigenvalue weighted by molar-refractivity contribution is 0.608. The summed E-state index contributed by atoms with van der Waals surface area (Å²) in [5, 5.41) is 1.89. The van der Waals surface area contributed by atoms with E-state index in [1.54, 1.807) is 30.0 Å². The van der Waals surface area contributed by atoms with Crippen LogP contribution in [-0.4, -0.2) is 19.8 Å². The molecule has 2 aromatic carbocycles. The first-order chi connectivity index (χ1) is 13.2. The number of nitrogens with one attached hydrogen (secondary N) is 1. The number of H-pyrrole nitrogens is 1. The van der Waals surface area contributed by atoms with Crippen LogP contribution in [0, 0.1) is 5.82 Å². The van der Waals surface area contributed by atoms with E-state index in [1.807, 2.05) is 24.3 Å². The molecule has 0 atom stereocenters. The highest BCUT2D eigenvalue weighted by atomic mass is 32.2. The average Bonchev–Trinajstić information content (AvgIpc) is 3.31. The quantitative estimate of drug-likeness (QED) is 0.507. The van der Waals surface area contributed by atoms with Gasteiger partial charge in [-0.15, -0.1) is 0 Å². The van der Waals surface area contributed by atoms with Gasteiger partial charge in [-0.05, 0) is 31.0 Å². The van der Waals surface area contributed by atoms with Crippen molar-refractivity contribution < 1.29 is 4.39 Å². The number of fused-ring (bicyclic) bond motifs is 3. The zero-order valence-electron chi connectivity index (χ0n) is 14.6. The largest absolute Gasteiger partial charge is 0.349 e. The molecule has 1 fully saturated rings. The van der Waals surface area contributed by atoms with Crippen LogP contribution >= 0.6 is 11.8 Å². The summed E-state index contributed by atoms with van der Waals surface area (Å²) in [6.07, 6.45) is 4.58. The maximum Gasteiger partial charge on any atom is 0.283 e. The molecule has 4 nitrogen and oxygen atoms in total. The second-order valence-corrected chi connectivity index (χ2v) is 8.17. The van der Waals surface area contributed by atoms with Gasteiger partial charge < -0.3 is 4.98 Å². The lowest BCUT2D eigenvalue weighted by atomic mass is 10.2. The van der Waals surface area contributed by atoms with E-state index in [9.17, 15) is 9.18 Å². The summed E-state index contributed by atoms with van der Waals surface area (Å²) in [6.45, 7) is 0. The van der Waals surface area contributed by atoms with Crippen molar-refractivity contribution in [2.45, 2.75) is 36.1 Å². The van der Waals surface area contributed by atoms with Gasteiger partial charge in [-0.1, -0.05) is 54.9 Å². The molecular weight excluding hydrogens is 361 g/mol. The zero-order chi connectivity index (χ0) is 18.4. The maximum absolute atomic E-state index is 14.5. The third-order valence-corrected chi connectivity index (χ3v) is 6.45. The van der Waals surface area contributed by atoms with Gasteiger partial charge in [0.15, 0.2) is 5.16 Å². The fourth-order valence-electron chi connectivity index (χ4n) is 3.82. The van der Waals surface area contributed by atoms with E-state index in [-0.39, 0.29) is 11.2 Å². The number of hydrogen-bond acceptors (Lipinski definition) is 3. The Morgan fingerprint density at radius 2 is 1.81 bits per heavy atom. The van der Waals surface area contributed by atoms with Crippen LogP contribution in [0.3, 0.4) is 0 Å². The highest BCUT2D eigenvalue weighted by Crippen LogP contribution is 2.35. The predicted octanol–water partition coefficient (Wildman–Crippen LogP) is 5.04. The van der Waals surface area contributed by atoms with Gasteiger partial charge in [0, 0.05) is 16.2 Å². The van der Waals surface area contributed by atoms with Crippen LogP contribution in [0.5, 0.6) is 0 Å². The molecule has 1 N–H and O–H groups in total. The summed E-state index contributed by atoms with van der Waals surface area (Å²) in [6, 6.07) is 14.1. The van der Waals surface area contributed by atoms with Gasteiger partial charge in [0.25, 0.3) is 5.56 Å². The fraction of sp³-hybridized carbons (Fsp3) is 0.238. The van der Waals surface area contributed by atoms with Crippen LogP contribution in [0.1, 0.15) is 25.7 Å². The molecule has 1 aliphatic carbocycles. The Morgan fingerprint density at radius 1 is 1.07 bits per heavy atom. The highest BCUT2D eigenvalue weighted by molar-refractivity contribution is 7.99. The molecule has 2 aromatic heterocycles. The molecule has 4 aromatic rings. The van der Waals surface area contributed by atoms with E-state index in [0.29, 0.717) is 21.4 Å². The van der Waals surface area contributed by atoms with Crippen LogP contribution in [-0.2, 0) is 0 Å². The maximum atomic E-state index is 14.5. The predicted molar refractivity (Wildman–Crippen MR) is 107 cm³/mol. The minimum Gasteiger partial charge on any atom is -0.349 e. The second kappa shape index (κ2) is 6.53. The van der Waals surface area contributed by atoms with Gasteiger partial charge in [-0.2, -0.15) is 0 Å². The van der Waals surface area contributed by atoms with Gasteiger partial charge in [0.05, 0.1) is 5.69 Å². The van der Waals surface area contributed by atoms with Gasteiger partial charge >= 0.3 is 0 Å². The first kappa shape index (κ1) is 16.6. The van der Waals surface area contributed by atoms with Crippen molar-refractivity contribution in [3.05, 3.63) is 64.7 Å². The molecule has 5 rings (SSSR count). The molecule has 0 bridgehead atoms. The fourth-order valence-corrected chi connectivity index (χ4v) is 5.12. The normalized spacial score (nSPS) is 15.1. The van der Waals surface area contributed by atoms with Crippen LogP contribution in [0.4, 0.5) is 4.39 Å².